The Morgan fingerprint density at radius 3 is 2.68 bits per heavy atom. The minimum atomic E-state index is -0.429. The van der Waals surface area contributed by atoms with Gasteiger partial charge in [0.05, 0.1) is 5.69 Å². The van der Waals surface area contributed by atoms with Crippen molar-refractivity contribution in [2.45, 2.75) is 25.7 Å². The summed E-state index contributed by atoms with van der Waals surface area (Å²) in [7, 11) is 1.76. The number of nitrogens with one attached hydrogen (secondary N) is 1. The van der Waals surface area contributed by atoms with Crippen molar-refractivity contribution in [2.75, 3.05) is 20.2 Å². The second kappa shape index (κ2) is 10.8. The van der Waals surface area contributed by atoms with Crippen molar-refractivity contribution in [3.63, 3.8) is 0 Å². The van der Waals surface area contributed by atoms with Gasteiger partial charge in [-0.25, -0.2) is 9.18 Å². The first-order valence-corrected chi connectivity index (χ1v) is 11.2. The molecule has 2 heterocycles. The Labute approximate surface area is 196 Å². The first-order valence-electron chi connectivity index (χ1n) is 11.2. The molecule has 0 aliphatic heterocycles. The molecular formula is C26H26FN3O4. The van der Waals surface area contributed by atoms with Crippen LogP contribution < -0.4 is 10.4 Å². The first kappa shape index (κ1) is 23.2. The standard InChI is InChI=1S/C26H26FN3O4/c1-30(25(31)17-33-22-12-8-19-9-13-26(32)34-24(19)16-22)14-4-2-3-5-21-15-23(29-28-21)18-6-10-20(27)11-7-18/h6-13,15-16H,2-5,14,17H2,1H3,(H,28,29). The number of aryl methyl sites for hydroxylation is 1. The maximum atomic E-state index is 13.1. The van der Waals surface area contributed by atoms with E-state index in [1.165, 1.54) is 18.2 Å². The fourth-order valence-corrected chi connectivity index (χ4v) is 3.61. The van der Waals surface area contributed by atoms with Crippen molar-refractivity contribution in [2.24, 2.45) is 0 Å². The number of fused-ring (bicyclic) bond motifs is 1. The molecule has 0 aliphatic rings. The van der Waals surface area contributed by atoms with Crippen molar-refractivity contribution < 1.29 is 18.3 Å². The third-order valence-corrected chi connectivity index (χ3v) is 5.59. The van der Waals surface area contributed by atoms with E-state index in [0.717, 1.165) is 48.0 Å². The summed E-state index contributed by atoms with van der Waals surface area (Å²) >= 11 is 0. The number of hydrogen-bond donors (Lipinski definition) is 1. The molecule has 7 nitrogen and oxygen atoms in total. The number of aromatic amines is 1. The van der Waals surface area contributed by atoms with Gasteiger partial charge in [-0.15, -0.1) is 0 Å². The molecule has 0 bridgehead atoms. The van der Waals surface area contributed by atoms with Gasteiger partial charge >= 0.3 is 5.63 Å². The van der Waals surface area contributed by atoms with E-state index in [1.807, 2.05) is 6.07 Å². The Kier molecular flexibility index (Phi) is 7.37. The van der Waals surface area contributed by atoms with Crippen LogP contribution in [0.15, 0.2) is 69.9 Å². The van der Waals surface area contributed by atoms with Crippen molar-refractivity contribution in [1.82, 2.24) is 15.1 Å². The Hall–Kier alpha value is -3.94. The monoisotopic (exact) mass is 463 g/mol. The number of amides is 1. The van der Waals surface area contributed by atoms with Gasteiger partial charge in [0.15, 0.2) is 6.61 Å². The van der Waals surface area contributed by atoms with Crippen LogP contribution in [0.4, 0.5) is 4.39 Å². The Morgan fingerprint density at radius 2 is 1.85 bits per heavy atom. The number of likely N-dealkylation sites (N-methyl/N-ethyl adjacent to an activating group) is 1. The average Bonchev–Trinajstić information content (AvgIpc) is 3.31. The number of ether oxygens (including phenoxy) is 1. The molecular weight excluding hydrogens is 437 g/mol. The third-order valence-electron chi connectivity index (χ3n) is 5.59. The number of H-pyrrole nitrogens is 1. The number of nitrogens with zero attached hydrogens (tertiary/aromatic N) is 2. The molecule has 0 saturated carbocycles. The number of unbranched alkanes of at least 4 members (excludes halogenated alkanes) is 2. The van der Waals surface area contributed by atoms with Gasteiger partial charge in [0.1, 0.15) is 17.1 Å². The predicted molar refractivity (Wildman–Crippen MR) is 127 cm³/mol. The molecule has 0 saturated heterocycles. The molecule has 2 aromatic heterocycles. The lowest BCUT2D eigenvalue weighted by atomic mass is 10.1. The molecule has 1 N–H and O–H groups in total. The Balaban J connectivity index is 1.16. The average molecular weight is 464 g/mol. The largest absolute Gasteiger partial charge is 0.484 e. The zero-order valence-electron chi connectivity index (χ0n) is 18.9. The maximum absolute atomic E-state index is 13.1. The Morgan fingerprint density at radius 1 is 1.06 bits per heavy atom. The molecule has 0 radical (unpaired) electrons. The highest BCUT2D eigenvalue weighted by molar-refractivity contribution is 5.79. The number of hydrogen-bond acceptors (Lipinski definition) is 5. The number of carbonyl (C=O) groups excluding carboxylic acids is 1. The quantitative estimate of drug-likeness (QED) is 0.275. The fraction of sp³-hybridized carbons (Fsp3) is 0.269. The molecule has 4 aromatic rings. The van der Waals surface area contributed by atoms with E-state index >= 15 is 0 Å². The predicted octanol–water partition coefficient (Wildman–Crippen LogP) is 4.57. The lowest BCUT2D eigenvalue weighted by Crippen LogP contribution is -2.32. The molecule has 4 rings (SSSR count). The molecule has 1 amide bonds. The molecule has 0 atom stereocenters. The molecule has 34 heavy (non-hydrogen) atoms. The minimum absolute atomic E-state index is 0.0839. The summed E-state index contributed by atoms with van der Waals surface area (Å²) in [5.41, 5.74) is 2.70. The SMILES string of the molecule is CN(CCCCCc1cc(-c2ccc(F)cc2)n[nH]1)C(=O)COc1ccc2ccc(=O)oc2c1. The van der Waals surface area contributed by atoms with Crippen molar-refractivity contribution in [3.05, 3.63) is 82.6 Å². The van der Waals surface area contributed by atoms with E-state index in [4.69, 9.17) is 9.15 Å². The summed E-state index contributed by atoms with van der Waals surface area (Å²) in [5, 5.41) is 8.12. The van der Waals surface area contributed by atoms with Crippen LogP contribution in [0.1, 0.15) is 25.0 Å². The van der Waals surface area contributed by atoms with E-state index in [0.29, 0.717) is 17.9 Å². The number of carbonyl (C=O) groups is 1. The van der Waals surface area contributed by atoms with Crippen molar-refractivity contribution in [1.29, 1.82) is 0 Å². The van der Waals surface area contributed by atoms with Crippen LogP contribution in [0.3, 0.4) is 0 Å². The number of rotatable bonds is 10. The van der Waals surface area contributed by atoms with Gasteiger partial charge in [0.2, 0.25) is 0 Å². The topological polar surface area (TPSA) is 88.4 Å². The summed E-state index contributed by atoms with van der Waals surface area (Å²) in [6, 6.07) is 16.4. The van der Waals surface area contributed by atoms with Gasteiger partial charge in [-0.05, 0) is 67.8 Å². The van der Waals surface area contributed by atoms with E-state index < -0.39 is 5.63 Å². The number of aromatic nitrogens is 2. The van der Waals surface area contributed by atoms with Gasteiger partial charge in [0.25, 0.3) is 5.91 Å². The Bertz CT molecular complexity index is 1310. The highest BCUT2D eigenvalue weighted by Gasteiger charge is 2.10. The van der Waals surface area contributed by atoms with Gasteiger partial charge in [-0.3, -0.25) is 9.89 Å². The van der Waals surface area contributed by atoms with Gasteiger partial charge in [-0.1, -0.05) is 6.42 Å². The van der Waals surface area contributed by atoms with Crippen LogP contribution in [0.25, 0.3) is 22.2 Å². The molecule has 0 spiro atoms. The zero-order chi connectivity index (χ0) is 23.9. The van der Waals surface area contributed by atoms with Gasteiger partial charge in [-0.2, -0.15) is 5.10 Å². The summed E-state index contributed by atoms with van der Waals surface area (Å²) in [5.74, 6) is 0.0911. The van der Waals surface area contributed by atoms with E-state index in [-0.39, 0.29) is 18.3 Å². The van der Waals surface area contributed by atoms with Crippen LogP contribution in [-0.2, 0) is 11.2 Å². The van der Waals surface area contributed by atoms with Gasteiger partial charge in [0, 0.05) is 42.4 Å². The van der Waals surface area contributed by atoms with Crippen molar-refractivity contribution in [3.8, 4) is 17.0 Å². The van der Waals surface area contributed by atoms with Crippen LogP contribution in [0.2, 0.25) is 0 Å². The number of benzene rings is 2. The number of halogens is 1. The van der Waals surface area contributed by atoms with E-state index in [1.54, 1.807) is 48.3 Å². The highest BCUT2D eigenvalue weighted by Crippen LogP contribution is 2.20. The third kappa shape index (κ3) is 6.10. The second-order valence-electron chi connectivity index (χ2n) is 8.15. The summed E-state index contributed by atoms with van der Waals surface area (Å²) in [4.78, 5) is 25.4. The highest BCUT2D eigenvalue weighted by atomic mass is 19.1. The van der Waals surface area contributed by atoms with Crippen molar-refractivity contribution >= 4 is 16.9 Å². The molecule has 8 heteroatoms. The normalized spacial score (nSPS) is 11.0. The molecule has 0 fully saturated rings. The van der Waals surface area contributed by atoms with Gasteiger partial charge < -0.3 is 14.1 Å². The van der Waals surface area contributed by atoms with Crippen LogP contribution in [0, 0.1) is 5.82 Å². The molecule has 0 aliphatic carbocycles. The summed E-state index contributed by atoms with van der Waals surface area (Å²) < 4.78 is 23.8. The van der Waals surface area contributed by atoms with Crippen LogP contribution >= 0.6 is 0 Å². The summed E-state index contributed by atoms with van der Waals surface area (Å²) in [6.45, 7) is 0.554. The molecule has 2 aromatic carbocycles. The van der Waals surface area contributed by atoms with Crippen LogP contribution in [-0.4, -0.2) is 41.2 Å². The fourth-order valence-electron chi connectivity index (χ4n) is 3.61. The summed E-state index contributed by atoms with van der Waals surface area (Å²) in [6.07, 6.45) is 3.66. The minimum Gasteiger partial charge on any atom is -0.484 e. The van der Waals surface area contributed by atoms with Crippen LogP contribution in [0.5, 0.6) is 5.75 Å². The van der Waals surface area contributed by atoms with E-state index in [9.17, 15) is 14.0 Å². The maximum Gasteiger partial charge on any atom is 0.336 e. The lowest BCUT2D eigenvalue weighted by Gasteiger charge is -2.17. The lowest BCUT2D eigenvalue weighted by molar-refractivity contribution is -0.132. The second-order valence-corrected chi connectivity index (χ2v) is 8.15. The first-order chi connectivity index (χ1) is 16.5. The molecule has 0 unspecified atom stereocenters. The molecule has 176 valence electrons. The zero-order valence-corrected chi connectivity index (χ0v) is 18.9. The van der Waals surface area contributed by atoms with E-state index in [2.05, 4.69) is 10.2 Å². The smallest absolute Gasteiger partial charge is 0.336 e.